The molecule has 0 bridgehead atoms. The Morgan fingerprint density at radius 3 is 2.13 bits per heavy atom. The predicted octanol–water partition coefficient (Wildman–Crippen LogP) is 2.71. The highest BCUT2D eigenvalue weighted by atomic mass is 16.3. The van der Waals surface area contributed by atoms with Crippen LogP contribution in [0.5, 0.6) is 0 Å². The van der Waals surface area contributed by atoms with Gasteiger partial charge in [0.15, 0.2) is 5.78 Å². The summed E-state index contributed by atoms with van der Waals surface area (Å²) >= 11 is 0. The van der Waals surface area contributed by atoms with Gasteiger partial charge < -0.3 is 5.11 Å². The minimum atomic E-state index is -1.23. The first-order valence-corrected chi connectivity index (χ1v) is 5.45. The molecule has 1 rings (SSSR count). The molecule has 0 aromatic heterocycles. The second-order valence-corrected chi connectivity index (χ2v) is 6.27. The molecule has 0 spiro atoms. The predicted molar refractivity (Wildman–Crippen MR) is 61.6 cm³/mol. The Morgan fingerprint density at radius 1 is 1.40 bits per heavy atom. The molecule has 1 atom stereocenters. The molecule has 1 N–H and O–H groups in total. The number of hydrogen-bond acceptors (Lipinski definition) is 2. The second-order valence-electron chi connectivity index (χ2n) is 6.27. The van der Waals surface area contributed by atoms with Crippen LogP contribution in [0, 0.1) is 10.8 Å². The fourth-order valence-electron chi connectivity index (χ4n) is 2.95. The molecule has 1 saturated carbocycles. The van der Waals surface area contributed by atoms with Gasteiger partial charge in [0, 0.05) is 17.3 Å². The van der Waals surface area contributed by atoms with Gasteiger partial charge in [-0.15, -0.1) is 6.58 Å². The Hall–Kier alpha value is -0.630. The molecule has 1 aliphatic carbocycles. The molecule has 0 saturated heterocycles. The van der Waals surface area contributed by atoms with Gasteiger partial charge in [0.25, 0.3) is 0 Å². The van der Waals surface area contributed by atoms with E-state index in [0.717, 1.165) is 12.0 Å². The zero-order chi connectivity index (χ0) is 12.1. The van der Waals surface area contributed by atoms with Gasteiger partial charge >= 0.3 is 0 Å². The molecule has 0 aromatic carbocycles. The zero-order valence-electron chi connectivity index (χ0n) is 10.5. The van der Waals surface area contributed by atoms with E-state index in [-0.39, 0.29) is 11.2 Å². The van der Waals surface area contributed by atoms with Gasteiger partial charge in [0.1, 0.15) is 5.60 Å². The molecule has 0 aromatic rings. The molecule has 15 heavy (non-hydrogen) atoms. The topological polar surface area (TPSA) is 37.3 Å². The number of ketones is 1. The Kier molecular flexibility index (Phi) is 2.64. The molecule has 1 fully saturated rings. The lowest BCUT2D eigenvalue weighted by Crippen LogP contribution is -2.47. The van der Waals surface area contributed by atoms with Crippen molar-refractivity contribution in [1.82, 2.24) is 0 Å². The highest BCUT2D eigenvalue weighted by molar-refractivity contribution is 5.95. The van der Waals surface area contributed by atoms with Gasteiger partial charge in [-0.1, -0.05) is 33.3 Å². The van der Waals surface area contributed by atoms with E-state index in [1.165, 1.54) is 0 Å². The number of aliphatic hydroxyl groups is 1. The zero-order valence-corrected chi connectivity index (χ0v) is 10.5. The quantitative estimate of drug-likeness (QED) is 0.711. The summed E-state index contributed by atoms with van der Waals surface area (Å²) in [5.41, 5.74) is -1.17. The SMILES string of the molecule is C=C(C)CC1(O)C(=O)C(C)(C)CC1(C)C. The van der Waals surface area contributed by atoms with E-state index >= 15 is 0 Å². The van der Waals surface area contributed by atoms with E-state index in [1.807, 2.05) is 34.6 Å². The van der Waals surface area contributed by atoms with E-state index in [1.54, 1.807) is 0 Å². The van der Waals surface area contributed by atoms with Crippen LogP contribution in [0.15, 0.2) is 12.2 Å². The molecule has 0 heterocycles. The highest BCUT2D eigenvalue weighted by Crippen LogP contribution is 2.54. The summed E-state index contributed by atoms with van der Waals surface area (Å²) in [5.74, 6) is -0.0389. The van der Waals surface area contributed by atoms with Crippen molar-refractivity contribution in [3.63, 3.8) is 0 Å². The number of hydrogen-bond donors (Lipinski definition) is 1. The van der Waals surface area contributed by atoms with Crippen LogP contribution in [0.3, 0.4) is 0 Å². The normalized spacial score (nSPS) is 33.1. The highest BCUT2D eigenvalue weighted by Gasteiger charge is 2.61. The molecule has 2 heteroatoms. The van der Waals surface area contributed by atoms with Gasteiger partial charge in [-0.3, -0.25) is 4.79 Å². The van der Waals surface area contributed by atoms with Gasteiger partial charge in [-0.05, 0) is 13.3 Å². The number of carbonyl (C=O) groups excluding carboxylic acids is 1. The van der Waals surface area contributed by atoms with Crippen LogP contribution in [0.1, 0.15) is 47.5 Å². The van der Waals surface area contributed by atoms with Crippen molar-refractivity contribution in [1.29, 1.82) is 0 Å². The van der Waals surface area contributed by atoms with Gasteiger partial charge in [0.2, 0.25) is 0 Å². The number of rotatable bonds is 2. The minimum absolute atomic E-state index is 0.0389. The van der Waals surface area contributed by atoms with Gasteiger partial charge in [0.05, 0.1) is 0 Å². The van der Waals surface area contributed by atoms with E-state index < -0.39 is 11.0 Å². The van der Waals surface area contributed by atoms with Crippen molar-refractivity contribution in [3.05, 3.63) is 12.2 Å². The standard InChI is InChI=1S/C13H22O2/c1-9(2)7-13(15)10(14)11(3,4)8-12(13,5)6/h15H,1,7-8H2,2-6H3. The summed E-state index contributed by atoms with van der Waals surface area (Å²) in [6.45, 7) is 13.4. The molecule has 1 unspecified atom stereocenters. The maximum Gasteiger partial charge on any atom is 0.170 e. The van der Waals surface area contributed by atoms with Gasteiger partial charge in [-0.2, -0.15) is 0 Å². The van der Waals surface area contributed by atoms with Crippen molar-refractivity contribution in [2.45, 2.75) is 53.1 Å². The van der Waals surface area contributed by atoms with Crippen molar-refractivity contribution in [2.24, 2.45) is 10.8 Å². The van der Waals surface area contributed by atoms with Crippen LogP contribution in [0.4, 0.5) is 0 Å². The maximum absolute atomic E-state index is 12.2. The van der Waals surface area contributed by atoms with Gasteiger partial charge in [-0.25, -0.2) is 0 Å². The number of carbonyl (C=O) groups is 1. The average molecular weight is 210 g/mol. The Bertz CT molecular complexity index is 312. The molecule has 0 aliphatic heterocycles. The lowest BCUT2D eigenvalue weighted by Gasteiger charge is -2.35. The molecule has 0 amide bonds. The Morgan fingerprint density at radius 2 is 1.87 bits per heavy atom. The first-order chi connectivity index (χ1) is 6.53. The third kappa shape index (κ3) is 1.76. The molecule has 0 radical (unpaired) electrons. The monoisotopic (exact) mass is 210 g/mol. The van der Waals surface area contributed by atoms with Crippen molar-refractivity contribution >= 4 is 5.78 Å². The lowest BCUT2D eigenvalue weighted by atomic mass is 9.74. The van der Waals surface area contributed by atoms with Crippen LogP contribution in [0.2, 0.25) is 0 Å². The molecule has 2 nitrogen and oxygen atoms in total. The summed E-state index contributed by atoms with van der Waals surface area (Å²) < 4.78 is 0. The van der Waals surface area contributed by atoms with E-state index in [4.69, 9.17) is 0 Å². The Labute approximate surface area is 92.4 Å². The van der Waals surface area contributed by atoms with Crippen molar-refractivity contribution in [2.75, 3.05) is 0 Å². The van der Waals surface area contributed by atoms with E-state index in [0.29, 0.717) is 6.42 Å². The molecular formula is C13H22O2. The maximum atomic E-state index is 12.2. The largest absolute Gasteiger partial charge is 0.381 e. The van der Waals surface area contributed by atoms with Crippen LogP contribution in [-0.4, -0.2) is 16.5 Å². The third-order valence-electron chi connectivity index (χ3n) is 3.55. The minimum Gasteiger partial charge on any atom is -0.381 e. The van der Waals surface area contributed by atoms with Crippen LogP contribution >= 0.6 is 0 Å². The van der Waals surface area contributed by atoms with Crippen molar-refractivity contribution in [3.8, 4) is 0 Å². The van der Waals surface area contributed by atoms with Crippen LogP contribution in [0.25, 0.3) is 0 Å². The molecule has 1 aliphatic rings. The number of Topliss-reactive ketones (excluding diaryl/α,β-unsaturated/α-hetero) is 1. The first kappa shape index (κ1) is 12.4. The summed E-state index contributed by atoms with van der Waals surface area (Å²) in [7, 11) is 0. The molecule has 86 valence electrons. The van der Waals surface area contributed by atoms with E-state index in [9.17, 15) is 9.90 Å². The second kappa shape index (κ2) is 3.18. The fraction of sp³-hybridized carbons (Fsp3) is 0.769. The van der Waals surface area contributed by atoms with Crippen molar-refractivity contribution < 1.29 is 9.90 Å². The smallest absolute Gasteiger partial charge is 0.170 e. The summed E-state index contributed by atoms with van der Waals surface area (Å²) in [4.78, 5) is 12.2. The van der Waals surface area contributed by atoms with Crippen LogP contribution in [-0.2, 0) is 4.79 Å². The van der Waals surface area contributed by atoms with Crippen LogP contribution < -0.4 is 0 Å². The summed E-state index contributed by atoms with van der Waals surface area (Å²) in [5, 5.41) is 10.6. The molecular weight excluding hydrogens is 188 g/mol. The van der Waals surface area contributed by atoms with E-state index in [2.05, 4.69) is 6.58 Å². The average Bonchev–Trinajstić information content (AvgIpc) is 2.08. The summed E-state index contributed by atoms with van der Waals surface area (Å²) in [6.07, 6.45) is 1.10. The fourth-order valence-corrected chi connectivity index (χ4v) is 2.95. The summed E-state index contributed by atoms with van der Waals surface area (Å²) in [6, 6.07) is 0. The Balaban J connectivity index is 3.16. The first-order valence-electron chi connectivity index (χ1n) is 5.45. The lowest BCUT2D eigenvalue weighted by molar-refractivity contribution is -0.145. The third-order valence-corrected chi connectivity index (χ3v) is 3.55.